The molecule has 1 saturated carbocycles. The van der Waals surface area contributed by atoms with Gasteiger partial charge in [0.1, 0.15) is 5.76 Å². The molecule has 2 aliphatic rings. The van der Waals surface area contributed by atoms with Gasteiger partial charge in [-0.05, 0) is 31.4 Å². The van der Waals surface area contributed by atoms with Crippen molar-refractivity contribution in [2.45, 2.75) is 25.4 Å². The lowest BCUT2D eigenvalue weighted by Gasteiger charge is -2.29. The van der Waals surface area contributed by atoms with Gasteiger partial charge in [-0.25, -0.2) is 0 Å². The Morgan fingerprint density at radius 3 is 2.74 bits per heavy atom. The highest BCUT2D eigenvalue weighted by Crippen LogP contribution is 2.43. The number of hydrogen-bond acceptors (Lipinski definition) is 6. The molecule has 7 heteroatoms. The molecule has 1 N–H and O–H groups in total. The average molecular weight is 315 g/mol. The normalized spacial score (nSPS) is 27.5. The lowest BCUT2D eigenvalue weighted by molar-refractivity contribution is -0.121. The Labute approximate surface area is 133 Å². The van der Waals surface area contributed by atoms with Crippen LogP contribution >= 0.6 is 0 Å². The number of fused-ring (bicyclic) bond motifs is 1. The van der Waals surface area contributed by atoms with Crippen LogP contribution in [0.3, 0.4) is 0 Å². The van der Waals surface area contributed by atoms with Crippen LogP contribution < -0.4 is 0 Å². The first-order valence-electron chi connectivity index (χ1n) is 7.48. The van der Waals surface area contributed by atoms with Crippen molar-refractivity contribution in [3.05, 3.63) is 41.5 Å². The van der Waals surface area contributed by atoms with Gasteiger partial charge in [0, 0.05) is 36.9 Å². The fraction of sp³-hybridized carbons (Fsp3) is 0.438. The van der Waals surface area contributed by atoms with Crippen molar-refractivity contribution in [2.75, 3.05) is 7.11 Å². The number of rotatable bonds is 3. The van der Waals surface area contributed by atoms with Gasteiger partial charge in [-0.15, -0.1) is 10.2 Å². The predicted octanol–water partition coefficient (Wildman–Crippen LogP) is 2.46. The number of carbonyl (C=O) groups excluding carboxylic acids is 2. The van der Waals surface area contributed by atoms with Gasteiger partial charge in [-0.1, -0.05) is 0 Å². The van der Waals surface area contributed by atoms with E-state index in [1.165, 1.54) is 24.5 Å². The van der Waals surface area contributed by atoms with Crippen molar-refractivity contribution in [1.82, 2.24) is 4.98 Å². The number of carbonyl (C=O) groups is 2. The van der Waals surface area contributed by atoms with Crippen LogP contribution in [0.1, 0.15) is 29.6 Å². The largest absolute Gasteiger partial charge is 0.510 e. The zero-order valence-corrected chi connectivity index (χ0v) is 12.7. The van der Waals surface area contributed by atoms with Crippen molar-refractivity contribution in [2.24, 2.45) is 22.1 Å². The molecule has 0 bridgehead atoms. The summed E-state index contributed by atoms with van der Waals surface area (Å²) in [6, 6.07) is 3.02. The molecular weight excluding hydrogens is 298 g/mol. The number of aliphatic hydroxyl groups is 1. The van der Waals surface area contributed by atoms with Gasteiger partial charge < -0.3 is 9.84 Å². The lowest BCUT2D eigenvalue weighted by atomic mass is 9.79. The van der Waals surface area contributed by atoms with Crippen molar-refractivity contribution >= 4 is 11.7 Å². The Bertz CT molecular complexity index is 684. The highest BCUT2D eigenvalue weighted by molar-refractivity contribution is 6.01. The third kappa shape index (κ3) is 2.92. The second-order valence-electron chi connectivity index (χ2n) is 5.72. The molecule has 7 nitrogen and oxygen atoms in total. The number of ketones is 1. The van der Waals surface area contributed by atoms with Crippen LogP contribution in [-0.2, 0) is 9.53 Å². The van der Waals surface area contributed by atoms with E-state index < -0.39 is 5.91 Å². The highest BCUT2D eigenvalue weighted by atomic mass is 16.5. The second kappa shape index (κ2) is 6.37. The Balaban J connectivity index is 1.79. The Morgan fingerprint density at radius 2 is 2.04 bits per heavy atom. The van der Waals surface area contributed by atoms with Gasteiger partial charge in [-0.2, -0.15) is 0 Å². The number of amides is 1. The predicted molar refractivity (Wildman–Crippen MR) is 79.7 cm³/mol. The third-order valence-corrected chi connectivity index (χ3v) is 4.47. The number of allylic oxidation sites excluding steroid dienone is 2. The number of Topliss-reactive ketones (excluding diaryl/α,β-unsaturated/α-hetero) is 1. The summed E-state index contributed by atoms with van der Waals surface area (Å²) in [6.45, 7) is 0. The summed E-state index contributed by atoms with van der Waals surface area (Å²) in [5.74, 6) is -1.47. The van der Waals surface area contributed by atoms with E-state index in [0.717, 1.165) is 6.42 Å². The highest BCUT2D eigenvalue weighted by Gasteiger charge is 2.46. The van der Waals surface area contributed by atoms with Gasteiger partial charge >= 0.3 is 0 Å². The molecule has 3 atom stereocenters. The van der Waals surface area contributed by atoms with E-state index >= 15 is 0 Å². The standard InChI is InChI=1S/C16H17N3O4/c1-23-10-2-3-11-12(8-10)15(21)13(14(11)20)18-19-16(22)9-4-6-17-7-5-9/h4-7,10-12,21H,2-3,8H2,1H3. The number of ether oxygens (including phenoxy) is 1. The van der Waals surface area contributed by atoms with Crippen LogP contribution in [0.25, 0.3) is 0 Å². The number of hydrogen-bond donors (Lipinski definition) is 1. The molecule has 1 fully saturated rings. The van der Waals surface area contributed by atoms with Crippen molar-refractivity contribution in [1.29, 1.82) is 0 Å². The summed E-state index contributed by atoms with van der Waals surface area (Å²) in [4.78, 5) is 28.1. The van der Waals surface area contributed by atoms with Crippen LogP contribution in [0, 0.1) is 11.8 Å². The summed E-state index contributed by atoms with van der Waals surface area (Å²) >= 11 is 0. The van der Waals surface area contributed by atoms with Gasteiger partial charge in [0.05, 0.1) is 6.10 Å². The third-order valence-electron chi connectivity index (χ3n) is 4.47. The Morgan fingerprint density at radius 1 is 1.30 bits per heavy atom. The van der Waals surface area contributed by atoms with Crippen LogP contribution in [0.5, 0.6) is 0 Å². The molecule has 23 heavy (non-hydrogen) atoms. The minimum atomic E-state index is -0.579. The number of aromatic nitrogens is 1. The van der Waals surface area contributed by atoms with E-state index in [-0.39, 0.29) is 35.2 Å². The first-order chi connectivity index (χ1) is 11.1. The molecule has 1 heterocycles. The summed E-state index contributed by atoms with van der Waals surface area (Å²) in [5.41, 5.74) is 0.227. The fourth-order valence-corrected chi connectivity index (χ4v) is 3.19. The minimum Gasteiger partial charge on any atom is -0.510 e. The topological polar surface area (TPSA) is 101 Å². The molecule has 3 rings (SSSR count). The molecule has 1 aromatic rings. The Hall–Kier alpha value is -2.41. The van der Waals surface area contributed by atoms with Crippen LogP contribution in [-0.4, -0.2) is 35.0 Å². The molecule has 0 saturated heterocycles. The quantitative estimate of drug-likeness (QED) is 0.863. The molecule has 0 aliphatic heterocycles. The van der Waals surface area contributed by atoms with E-state index in [0.29, 0.717) is 18.4 Å². The molecule has 1 aromatic heterocycles. The van der Waals surface area contributed by atoms with E-state index in [1.807, 2.05) is 0 Å². The molecule has 2 aliphatic carbocycles. The fourth-order valence-electron chi connectivity index (χ4n) is 3.19. The van der Waals surface area contributed by atoms with E-state index in [2.05, 4.69) is 15.2 Å². The molecule has 120 valence electrons. The number of pyridine rings is 1. The van der Waals surface area contributed by atoms with Crippen molar-refractivity contribution in [3.8, 4) is 0 Å². The van der Waals surface area contributed by atoms with Gasteiger partial charge in [0.25, 0.3) is 5.91 Å². The zero-order valence-electron chi connectivity index (χ0n) is 12.7. The maximum Gasteiger partial charge on any atom is 0.295 e. The zero-order chi connectivity index (χ0) is 16.4. The van der Waals surface area contributed by atoms with Gasteiger partial charge in [-0.3, -0.25) is 14.6 Å². The summed E-state index contributed by atoms with van der Waals surface area (Å²) in [6.07, 6.45) is 4.97. The van der Waals surface area contributed by atoms with E-state index in [1.54, 1.807) is 7.11 Å². The summed E-state index contributed by atoms with van der Waals surface area (Å²) < 4.78 is 5.32. The first kappa shape index (κ1) is 15.5. The van der Waals surface area contributed by atoms with Crippen LogP contribution in [0.2, 0.25) is 0 Å². The first-order valence-corrected chi connectivity index (χ1v) is 7.48. The molecular formula is C16H17N3O4. The maximum atomic E-state index is 12.4. The molecule has 3 unspecified atom stereocenters. The monoisotopic (exact) mass is 315 g/mol. The van der Waals surface area contributed by atoms with Gasteiger partial charge in [0.2, 0.25) is 0 Å². The van der Waals surface area contributed by atoms with Crippen LogP contribution in [0.15, 0.2) is 46.2 Å². The van der Waals surface area contributed by atoms with Crippen molar-refractivity contribution < 1.29 is 19.4 Å². The molecule has 1 amide bonds. The van der Waals surface area contributed by atoms with Crippen molar-refractivity contribution in [3.63, 3.8) is 0 Å². The average Bonchev–Trinajstić information content (AvgIpc) is 2.84. The Kier molecular flexibility index (Phi) is 4.29. The maximum absolute atomic E-state index is 12.4. The smallest absolute Gasteiger partial charge is 0.295 e. The minimum absolute atomic E-state index is 0.0286. The molecule has 0 radical (unpaired) electrons. The number of aliphatic hydroxyl groups excluding tert-OH is 1. The summed E-state index contributed by atoms with van der Waals surface area (Å²) in [5, 5.41) is 17.6. The van der Waals surface area contributed by atoms with Crippen LogP contribution in [0.4, 0.5) is 0 Å². The number of azo groups is 1. The molecule has 0 spiro atoms. The van der Waals surface area contributed by atoms with E-state index in [4.69, 9.17) is 4.74 Å². The van der Waals surface area contributed by atoms with E-state index in [9.17, 15) is 14.7 Å². The molecule has 0 aromatic carbocycles. The number of nitrogens with zero attached hydrogens (tertiary/aromatic N) is 3. The van der Waals surface area contributed by atoms with Gasteiger partial charge in [0.15, 0.2) is 11.5 Å². The summed E-state index contributed by atoms with van der Waals surface area (Å²) in [7, 11) is 1.62. The number of methoxy groups -OCH3 is 1. The lowest BCUT2D eigenvalue weighted by Crippen LogP contribution is -2.30. The SMILES string of the molecule is COC1CCC2C(=O)C(N=NC(=O)c3ccncc3)=C(O)C2C1. The second-order valence-corrected chi connectivity index (χ2v) is 5.72.